The lowest BCUT2D eigenvalue weighted by Crippen LogP contribution is -2.19. The van der Waals surface area contributed by atoms with Crippen LogP contribution in [0.15, 0.2) is 5.16 Å². The molecule has 0 bridgehead atoms. The second-order valence-corrected chi connectivity index (χ2v) is 4.13. The Balaban J connectivity index is 3.83. The van der Waals surface area contributed by atoms with Crippen LogP contribution in [0.2, 0.25) is 0 Å². The Hall–Kier alpha value is -0.710. The summed E-state index contributed by atoms with van der Waals surface area (Å²) in [4.78, 5) is 15.0. The number of thioether (sulfide) groups is 1. The minimum atomic E-state index is -0.553. The summed E-state index contributed by atoms with van der Waals surface area (Å²) < 4.78 is -0.103. The summed E-state index contributed by atoms with van der Waals surface area (Å²) >= 11 is 1.63. The van der Waals surface area contributed by atoms with Gasteiger partial charge in [-0.15, -0.1) is 0 Å². The number of nitrogens with zero attached hydrogens (tertiary/aromatic N) is 1. The van der Waals surface area contributed by atoms with Crippen LogP contribution in [-0.4, -0.2) is 30.4 Å². The highest BCUT2D eigenvalue weighted by Crippen LogP contribution is 2.17. The van der Waals surface area contributed by atoms with E-state index in [-0.39, 0.29) is 4.75 Å². The summed E-state index contributed by atoms with van der Waals surface area (Å²) in [6.07, 6.45) is 3.00. The van der Waals surface area contributed by atoms with Crippen molar-refractivity contribution < 1.29 is 9.63 Å². The fraction of sp³-hybridized carbons (Fsp3) is 0.714. The number of nitrogens with one attached hydrogen (secondary N) is 1. The highest BCUT2D eigenvalue weighted by Gasteiger charge is 2.12. The lowest BCUT2D eigenvalue weighted by Gasteiger charge is -2.13. The van der Waals surface area contributed by atoms with Crippen molar-refractivity contribution >= 4 is 24.1 Å². The van der Waals surface area contributed by atoms with Gasteiger partial charge in [-0.05, 0) is 20.1 Å². The van der Waals surface area contributed by atoms with Gasteiger partial charge in [-0.1, -0.05) is 5.16 Å². The first-order valence-corrected chi connectivity index (χ1v) is 4.72. The molecule has 1 amide bonds. The van der Waals surface area contributed by atoms with Crippen LogP contribution in [-0.2, 0) is 4.84 Å². The SMILES string of the molecule is CSC(C)(C)/C=N/O[13C](=O)N[13CH3]. The van der Waals surface area contributed by atoms with E-state index >= 15 is 0 Å². The first-order valence-electron chi connectivity index (χ1n) is 3.50. The van der Waals surface area contributed by atoms with Gasteiger partial charge in [-0.25, -0.2) is 4.79 Å². The van der Waals surface area contributed by atoms with Gasteiger partial charge in [0.05, 0.1) is 6.21 Å². The van der Waals surface area contributed by atoms with E-state index in [1.165, 1.54) is 7.05 Å². The standard InChI is InChI=1S/C7H14N2O2S/c1-7(2,12-4)5-9-11-6(10)8-3/h5H,1-4H3,(H,8,10)/b9-5+/i3+1,6+1. The van der Waals surface area contributed by atoms with E-state index in [1.807, 2.05) is 20.1 Å². The number of hydrogen-bond donors (Lipinski definition) is 1. The molecule has 0 heterocycles. The highest BCUT2D eigenvalue weighted by atomic mass is 32.2. The van der Waals surface area contributed by atoms with Crippen molar-refractivity contribution in [2.24, 2.45) is 5.16 Å². The third-order valence-electron chi connectivity index (χ3n) is 1.23. The second kappa shape index (κ2) is 5.03. The number of oxime groups is 1. The van der Waals surface area contributed by atoms with Crippen LogP contribution in [0.5, 0.6) is 0 Å². The van der Waals surface area contributed by atoms with Crippen molar-refractivity contribution in [1.82, 2.24) is 5.32 Å². The van der Waals surface area contributed by atoms with Gasteiger partial charge in [0, 0.05) is 11.8 Å². The predicted molar refractivity (Wildman–Crippen MR) is 51.6 cm³/mol. The maximum atomic E-state index is 10.5. The molecule has 5 heteroatoms. The fourth-order valence-corrected chi connectivity index (χ4v) is 0.448. The first kappa shape index (κ1) is 11.3. The van der Waals surface area contributed by atoms with Gasteiger partial charge in [0.2, 0.25) is 0 Å². The van der Waals surface area contributed by atoms with Crippen molar-refractivity contribution in [3.8, 4) is 0 Å². The number of carbonyl (C=O) groups is 1. The zero-order valence-corrected chi connectivity index (χ0v) is 8.57. The molecule has 70 valence electrons. The van der Waals surface area contributed by atoms with Crippen LogP contribution in [0.1, 0.15) is 13.8 Å². The molecule has 0 saturated carbocycles. The Morgan fingerprint density at radius 2 is 2.25 bits per heavy atom. The van der Waals surface area contributed by atoms with Crippen molar-refractivity contribution in [2.45, 2.75) is 18.6 Å². The molecular formula is C7H14N2O2S. The summed E-state index contributed by atoms with van der Waals surface area (Å²) in [5.41, 5.74) is 0. The quantitative estimate of drug-likeness (QED) is 0.319. The summed E-state index contributed by atoms with van der Waals surface area (Å²) in [5.74, 6) is 0. The zero-order chi connectivity index (χ0) is 9.61. The monoisotopic (exact) mass is 192 g/mol. The molecule has 0 aromatic carbocycles. The van der Waals surface area contributed by atoms with Gasteiger partial charge in [0.1, 0.15) is 0 Å². The van der Waals surface area contributed by atoms with Crippen molar-refractivity contribution in [1.29, 1.82) is 0 Å². The van der Waals surface area contributed by atoms with Crippen molar-refractivity contribution in [2.75, 3.05) is 13.3 Å². The maximum absolute atomic E-state index is 10.5. The molecule has 1 N–H and O–H groups in total. The van der Waals surface area contributed by atoms with Crippen LogP contribution in [0, 0.1) is 0 Å². The topological polar surface area (TPSA) is 50.7 Å². The second-order valence-electron chi connectivity index (χ2n) is 2.67. The van der Waals surface area contributed by atoms with Crippen molar-refractivity contribution in [3.63, 3.8) is 0 Å². The molecule has 0 aromatic rings. The van der Waals surface area contributed by atoms with E-state index in [9.17, 15) is 4.79 Å². The molecule has 0 radical (unpaired) electrons. The fourth-order valence-electron chi connectivity index (χ4n) is 0.299. The van der Waals surface area contributed by atoms with E-state index < -0.39 is 6.09 Å². The average molecular weight is 192 g/mol. The minimum Gasteiger partial charge on any atom is -0.323 e. The molecule has 12 heavy (non-hydrogen) atoms. The van der Waals surface area contributed by atoms with E-state index in [1.54, 1.807) is 18.0 Å². The first-order chi connectivity index (χ1) is 5.52. The van der Waals surface area contributed by atoms with Gasteiger partial charge >= 0.3 is 6.09 Å². The van der Waals surface area contributed by atoms with E-state index in [0.29, 0.717) is 0 Å². The summed E-state index contributed by atoms with van der Waals surface area (Å²) in [6.45, 7) is 3.96. The molecule has 0 unspecified atom stereocenters. The van der Waals surface area contributed by atoms with Crippen molar-refractivity contribution in [3.05, 3.63) is 0 Å². The normalized spacial score (nSPS) is 11.7. The third kappa shape index (κ3) is 5.01. The van der Waals surface area contributed by atoms with Gasteiger partial charge in [0.15, 0.2) is 0 Å². The van der Waals surface area contributed by atoms with Crippen LogP contribution in [0.25, 0.3) is 0 Å². The van der Waals surface area contributed by atoms with Crippen LogP contribution in [0.3, 0.4) is 0 Å². The van der Waals surface area contributed by atoms with Gasteiger partial charge in [-0.2, -0.15) is 11.8 Å². The number of carbonyl (C=O) groups excluding carboxylic acids is 1. The average Bonchev–Trinajstić information content (AvgIpc) is 2.04. The van der Waals surface area contributed by atoms with Crippen LogP contribution < -0.4 is 5.32 Å². The summed E-state index contributed by atoms with van der Waals surface area (Å²) in [6, 6.07) is 0. The predicted octanol–water partition coefficient (Wildman–Crippen LogP) is 1.47. The largest absolute Gasteiger partial charge is 0.433 e. The molecule has 0 spiro atoms. The maximum Gasteiger partial charge on any atom is 0.433 e. The Kier molecular flexibility index (Phi) is 4.73. The highest BCUT2D eigenvalue weighted by molar-refractivity contribution is 8.00. The number of rotatable bonds is 3. The van der Waals surface area contributed by atoms with E-state index in [0.717, 1.165) is 0 Å². The minimum absolute atomic E-state index is 0.103. The Morgan fingerprint density at radius 3 is 2.67 bits per heavy atom. The number of amides is 1. The van der Waals surface area contributed by atoms with Crippen LogP contribution in [0.4, 0.5) is 4.79 Å². The zero-order valence-electron chi connectivity index (χ0n) is 7.75. The Labute approximate surface area is 76.7 Å². The Bertz CT molecular complexity index is 180. The lowest BCUT2D eigenvalue weighted by atomic mass is 10.2. The van der Waals surface area contributed by atoms with E-state index in [2.05, 4.69) is 15.3 Å². The molecule has 0 rings (SSSR count). The summed E-state index contributed by atoms with van der Waals surface area (Å²) in [7, 11) is 1.48. The number of hydrogen-bond acceptors (Lipinski definition) is 4. The molecular weight excluding hydrogens is 178 g/mol. The molecule has 0 fully saturated rings. The molecule has 4 nitrogen and oxygen atoms in total. The molecule has 0 aliphatic heterocycles. The lowest BCUT2D eigenvalue weighted by molar-refractivity contribution is 0.153. The molecule has 0 saturated heterocycles. The third-order valence-corrected chi connectivity index (χ3v) is 2.39. The van der Waals surface area contributed by atoms with Gasteiger partial charge in [-0.3, -0.25) is 4.84 Å². The van der Waals surface area contributed by atoms with E-state index in [4.69, 9.17) is 0 Å². The Morgan fingerprint density at radius 1 is 1.67 bits per heavy atom. The molecule has 0 aliphatic carbocycles. The molecule has 0 aromatic heterocycles. The smallest absolute Gasteiger partial charge is 0.323 e. The van der Waals surface area contributed by atoms with Gasteiger partial charge < -0.3 is 5.32 Å². The molecule has 0 atom stereocenters. The summed E-state index contributed by atoms with van der Waals surface area (Å²) in [5, 5.41) is 5.81. The van der Waals surface area contributed by atoms with Gasteiger partial charge in [0.25, 0.3) is 0 Å². The molecule has 0 aliphatic rings. The van der Waals surface area contributed by atoms with Crippen LogP contribution >= 0.6 is 11.8 Å².